The molecule has 12 heavy (non-hydrogen) atoms. The smallest absolute Gasteiger partial charge is 0.129 e. The number of hydrogen-bond donors (Lipinski definition) is 2. The second kappa shape index (κ2) is 5.91. The Morgan fingerprint density at radius 1 is 1.58 bits per heavy atom. The summed E-state index contributed by atoms with van der Waals surface area (Å²) in [5.74, 6) is 0.107. The molecule has 2 N–H and O–H groups in total. The van der Waals surface area contributed by atoms with E-state index in [9.17, 15) is 9.90 Å². The highest BCUT2D eigenvalue weighted by atomic mass is 16.3. The molecule has 0 rings (SSSR count). The maximum Gasteiger partial charge on any atom is 0.129 e. The van der Waals surface area contributed by atoms with E-state index in [2.05, 4.69) is 6.58 Å². The predicted molar refractivity (Wildman–Crippen MR) is 46.7 cm³/mol. The molecule has 0 aromatic rings. The van der Waals surface area contributed by atoms with Crippen LogP contribution in [0.5, 0.6) is 0 Å². The zero-order valence-electron chi connectivity index (χ0n) is 7.36. The first kappa shape index (κ1) is 11.3. The van der Waals surface area contributed by atoms with Gasteiger partial charge in [0.25, 0.3) is 0 Å². The maximum atomic E-state index is 10.5. The van der Waals surface area contributed by atoms with E-state index in [4.69, 9.17) is 5.11 Å². The molecule has 70 valence electrons. The molecule has 0 aliphatic heterocycles. The van der Waals surface area contributed by atoms with E-state index >= 15 is 0 Å². The normalized spacial score (nSPS) is 15.2. The van der Waals surface area contributed by atoms with Gasteiger partial charge in [-0.15, -0.1) is 6.58 Å². The van der Waals surface area contributed by atoms with Crippen LogP contribution in [-0.4, -0.2) is 28.2 Å². The highest BCUT2D eigenvalue weighted by Gasteiger charge is 2.11. The third kappa shape index (κ3) is 5.04. The number of aliphatic hydroxyl groups is 2. The SMILES string of the molecule is C=C[C@@H](O)[C@H](O)CCCC(C)=O. The van der Waals surface area contributed by atoms with Gasteiger partial charge < -0.3 is 15.0 Å². The summed E-state index contributed by atoms with van der Waals surface area (Å²) in [5, 5.41) is 18.2. The molecule has 0 bridgehead atoms. The Balaban J connectivity index is 3.49. The number of hydrogen-bond acceptors (Lipinski definition) is 3. The molecule has 0 aromatic heterocycles. The van der Waals surface area contributed by atoms with Crippen LogP contribution < -0.4 is 0 Å². The van der Waals surface area contributed by atoms with Crippen molar-refractivity contribution in [3.63, 3.8) is 0 Å². The monoisotopic (exact) mass is 172 g/mol. The van der Waals surface area contributed by atoms with Crippen LogP contribution >= 0.6 is 0 Å². The zero-order chi connectivity index (χ0) is 9.56. The summed E-state index contributed by atoms with van der Waals surface area (Å²) in [6, 6.07) is 0. The molecule has 0 radical (unpaired) electrons. The first-order chi connectivity index (χ1) is 5.57. The lowest BCUT2D eigenvalue weighted by Crippen LogP contribution is -2.23. The number of carbonyl (C=O) groups is 1. The van der Waals surface area contributed by atoms with E-state index in [0.717, 1.165) is 0 Å². The van der Waals surface area contributed by atoms with Crippen LogP contribution in [0.15, 0.2) is 12.7 Å². The van der Waals surface area contributed by atoms with Gasteiger partial charge in [-0.3, -0.25) is 0 Å². The minimum atomic E-state index is -0.878. The summed E-state index contributed by atoms with van der Waals surface area (Å²) in [5.41, 5.74) is 0. The molecule has 0 saturated carbocycles. The lowest BCUT2D eigenvalue weighted by Gasteiger charge is -2.12. The Morgan fingerprint density at radius 3 is 2.58 bits per heavy atom. The Morgan fingerprint density at radius 2 is 2.17 bits per heavy atom. The molecule has 0 aliphatic carbocycles. The standard InChI is InChI=1S/C9H16O3/c1-3-8(11)9(12)6-4-5-7(2)10/h3,8-9,11-12H,1,4-6H2,2H3/t8-,9-/m1/s1. The van der Waals surface area contributed by atoms with Crippen LogP contribution in [0.3, 0.4) is 0 Å². The van der Waals surface area contributed by atoms with Crippen LogP contribution in [0.4, 0.5) is 0 Å². The second-order valence-corrected chi connectivity index (χ2v) is 2.89. The van der Waals surface area contributed by atoms with E-state index in [1.165, 1.54) is 13.0 Å². The summed E-state index contributed by atoms with van der Waals surface area (Å²) < 4.78 is 0. The summed E-state index contributed by atoms with van der Waals surface area (Å²) >= 11 is 0. The summed E-state index contributed by atoms with van der Waals surface area (Å²) in [7, 11) is 0. The summed E-state index contributed by atoms with van der Waals surface area (Å²) in [4.78, 5) is 10.5. The van der Waals surface area contributed by atoms with Crippen molar-refractivity contribution in [3.8, 4) is 0 Å². The first-order valence-corrected chi connectivity index (χ1v) is 4.06. The second-order valence-electron chi connectivity index (χ2n) is 2.89. The van der Waals surface area contributed by atoms with Crippen LogP contribution in [0.2, 0.25) is 0 Å². The van der Waals surface area contributed by atoms with Gasteiger partial charge >= 0.3 is 0 Å². The molecule has 0 fully saturated rings. The Labute approximate surface area is 72.7 Å². The van der Waals surface area contributed by atoms with E-state index in [1.807, 2.05) is 0 Å². The average molecular weight is 172 g/mol. The highest BCUT2D eigenvalue weighted by Crippen LogP contribution is 2.05. The van der Waals surface area contributed by atoms with Crippen molar-refractivity contribution in [1.29, 1.82) is 0 Å². The van der Waals surface area contributed by atoms with E-state index < -0.39 is 12.2 Å². The van der Waals surface area contributed by atoms with Crippen LogP contribution in [0.1, 0.15) is 26.2 Å². The summed E-state index contributed by atoms with van der Waals surface area (Å²) in [6.07, 6.45) is 1.13. The van der Waals surface area contributed by atoms with Crippen LogP contribution in [-0.2, 0) is 4.79 Å². The third-order valence-electron chi connectivity index (χ3n) is 1.66. The fourth-order valence-corrected chi connectivity index (χ4v) is 0.888. The molecule has 3 heteroatoms. The molecule has 0 heterocycles. The number of rotatable bonds is 6. The van der Waals surface area contributed by atoms with Gasteiger partial charge in [0, 0.05) is 6.42 Å². The number of aliphatic hydroxyl groups excluding tert-OH is 2. The van der Waals surface area contributed by atoms with Crippen LogP contribution in [0, 0.1) is 0 Å². The van der Waals surface area contributed by atoms with Crippen molar-refractivity contribution in [1.82, 2.24) is 0 Å². The van der Waals surface area contributed by atoms with Crippen molar-refractivity contribution in [2.75, 3.05) is 0 Å². The fraction of sp³-hybridized carbons (Fsp3) is 0.667. The van der Waals surface area contributed by atoms with Gasteiger partial charge in [0.2, 0.25) is 0 Å². The van der Waals surface area contributed by atoms with Gasteiger partial charge in [-0.05, 0) is 19.8 Å². The van der Waals surface area contributed by atoms with Crippen molar-refractivity contribution in [2.45, 2.75) is 38.4 Å². The van der Waals surface area contributed by atoms with Crippen LogP contribution in [0.25, 0.3) is 0 Å². The minimum absolute atomic E-state index is 0.107. The topological polar surface area (TPSA) is 57.5 Å². The maximum absolute atomic E-state index is 10.5. The molecule has 0 aliphatic rings. The van der Waals surface area contributed by atoms with E-state index in [0.29, 0.717) is 19.3 Å². The quantitative estimate of drug-likeness (QED) is 0.578. The Hall–Kier alpha value is -0.670. The number of carbonyl (C=O) groups excluding carboxylic acids is 1. The van der Waals surface area contributed by atoms with Gasteiger partial charge in [0.15, 0.2) is 0 Å². The first-order valence-electron chi connectivity index (χ1n) is 4.06. The van der Waals surface area contributed by atoms with Gasteiger partial charge in [0.1, 0.15) is 5.78 Å². The predicted octanol–water partition coefficient (Wildman–Crippen LogP) is 0.653. The molecular weight excluding hydrogens is 156 g/mol. The molecular formula is C9H16O3. The minimum Gasteiger partial charge on any atom is -0.390 e. The molecule has 0 aromatic carbocycles. The Kier molecular flexibility index (Phi) is 5.58. The van der Waals surface area contributed by atoms with Crippen molar-refractivity contribution >= 4 is 5.78 Å². The van der Waals surface area contributed by atoms with Crippen molar-refractivity contribution < 1.29 is 15.0 Å². The van der Waals surface area contributed by atoms with Gasteiger partial charge in [-0.2, -0.15) is 0 Å². The van der Waals surface area contributed by atoms with Gasteiger partial charge in [-0.1, -0.05) is 6.08 Å². The van der Waals surface area contributed by atoms with E-state index in [-0.39, 0.29) is 5.78 Å². The van der Waals surface area contributed by atoms with E-state index in [1.54, 1.807) is 0 Å². The van der Waals surface area contributed by atoms with Gasteiger partial charge in [0.05, 0.1) is 12.2 Å². The largest absolute Gasteiger partial charge is 0.390 e. The molecule has 0 amide bonds. The summed E-state index contributed by atoms with van der Waals surface area (Å²) in [6.45, 7) is 4.86. The Bertz CT molecular complexity index is 154. The van der Waals surface area contributed by atoms with Crippen molar-refractivity contribution in [3.05, 3.63) is 12.7 Å². The van der Waals surface area contributed by atoms with Crippen molar-refractivity contribution in [2.24, 2.45) is 0 Å². The molecule has 2 atom stereocenters. The van der Waals surface area contributed by atoms with Gasteiger partial charge in [-0.25, -0.2) is 0 Å². The average Bonchev–Trinajstić information content (AvgIpc) is 2.02. The third-order valence-corrected chi connectivity index (χ3v) is 1.66. The molecule has 3 nitrogen and oxygen atoms in total. The molecule has 0 unspecified atom stereocenters. The zero-order valence-corrected chi connectivity index (χ0v) is 7.36. The molecule has 0 saturated heterocycles. The molecule has 0 spiro atoms. The number of ketones is 1. The number of Topliss-reactive ketones (excluding diaryl/α,β-unsaturated/α-hetero) is 1. The highest BCUT2D eigenvalue weighted by molar-refractivity contribution is 5.75. The fourth-order valence-electron chi connectivity index (χ4n) is 0.888. The lowest BCUT2D eigenvalue weighted by molar-refractivity contribution is -0.117. The lowest BCUT2D eigenvalue weighted by atomic mass is 10.1.